The molecular weight excluding hydrogens is 528 g/mol. The first-order valence-corrected chi connectivity index (χ1v) is 13.7. The highest BCUT2D eigenvalue weighted by Gasteiger charge is 2.29. The Kier molecular flexibility index (Phi) is 7.05. The Morgan fingerprint density at radius 1 is 1.05 bits per heavy atom. The molecule has 0 radical (unpaired) electrons. The van der Waals surface area contributed by atoms with Crippen LogP contribution in [-0.4, -0.2) is 41.8 Å². The summed E-state index contributed by atoms with van der Waals surface area (Å²) in [5.74, 6) is -1.31. The van der Waals surface area contributed by atoms with Gasteiger partial charge in [0.05, 0.1) is 29.0 Å². The minimum atomic E-state index is -4.29. The van der Waals surface area contributed by atoms with Gasteiger partial charge in [-0.3, -0.25) is 24.5 Å². The number of aliphatic carboxylic acids is 1. The Morgan fingerprint density at radius 2 is 1.80 bits per heavy atom. The van der Waals surface area contributed by atoms with Gasteiger partial charge in [0.2, 0.25) is 0 Å². The summed E-state index contributed by atoms with van der Waals surface area (Å²) in [7, 11) is -4.29. The predicted octanol–water partition coefficient (Wildman–Crippen LogP) is 4.27. The lowest BCUT2D eigenvalue weighted by molar-refractivity contribution is -0.135. The third-order valence-corrected chi connectivity index (χ3v) is 8.26. The van der Waals surface area contributed by atoms with Crippen LogP contribution in [0.5, 0.6) is 0 Å². The quantitative estimate of drug-likeness (QED) is 0.155. The number of benzene rings is 3. The molecule has 0 unspecified atom stereocenters. The Hall–Kier alpha value is -5.03. The first kappa shape index (κ1) is 26.6. The average molecular weight is 555 g/mol. The van der Waals surface area contributed by atoms with E-state index in [4.69, 9.17) is 16.1 Å². The van der Waals surface area contributed by atoms with Crippen molar-refractivity contribution in [2.45, 2.75) is 18.4 Å². The van der Waals surface area contributed by atoms with E-state index in [0.717, 1.165) is 20.9 Å². The summed E-state index contributed by atoms with van der Waals surface area (Å²) in [5, 5.41) is 21.9. The molecule has 5 N–H and O–H groups in total. The van der Waals surface area contributed by atoms with Crippen molar-refractivity contribution in [3.63, 3.8) is 0 Å². The SMILES string of the molecule is Cc1cc(CNc2ccc(C(=N)N)cc2)nc2cc(N(CC(=O)O)S(=O)(=O)c3cccc4cccnc34)ccc12. The number of pyridine rings is 2. The number of carboxylic acids is 1. The van der Waals surface area contributed by atoms with Crippen LogP contribution in [-0.2, 0) is 21.4 Å². The zero-order chi connectivity index (χ0) is 28.4. The number of para-hydroxylation sites is 1. The molecule has 202 valence electrons. The van der Waals surface area contributed by atoms with Gasteiger partial charge in [-0.05, 0) is 67.1 Å². The number of aromatic nitrogens is 2. The number of nitrogen functional groups attached to an aromatic ring is 1. The van der Waals surface area contributed by atoms with E-state index in [1.807, 2.05) is 25.1 Å². The molecule has 0 spiro atoms. The van der Waals surface area contributed by atoms with Gasteiger partial charge in [0.25, 0.3) is 10.0 Å². The van der Waals surface area contributed by atoms with Crippen LogP contribution >= 0.6 is 0 Å². The van der Waals surface area contributed by atoms with Gasteiger partial charge >= 0.3 is 5.97 Å². The summed E-state index contributed by atoms with van der Waals surface area (Å²) in [6.07, 6.45) is 1.50. The number of nitrogens with two attached hydrogens (primary N) is 1. The molecule has 0 fully saturated rings. The standard InChI is InChI=1S/C29H26N6O4S/c1-18-14-22(16-33-21-9-7-20(8-10-21)29(30)31)34-25-15-23(11-12-24(18)25)35(17-27(36)37)40(38,39)26-6-2-4-19-5-3-13-32-28(19)26/h2-15,33H,16-17H2,1H3,(H3,30,31)(H,36,37). The number of fused-ring (bicyclic) bond motifs is 2. The van der Waals surface area contributed by atoms with Crippen LogP contribution in [0.3, 0.4) is 0 Å². The second-order valence-corrected chi connectivity index (χ2v) is 11.0. The molecule has 2 heterocycles. The van der Waals surface area contributed by atoms with Crippen molar-refractivity contribution in [1.29, 1.82) is 5.41 Å². The summed E-state index contributed by atoms with van der Waals surface area (Å²) in [4.78, 5) is 20.7. The maximum absolute atomic E-state index is 13.8. The third kappa shape index (κ3) is 5.27. The first-order chi connectivity index (χ1) is 19.1. The summed E-state index contributed by atoms with van der Waals surface area (Å²) < 4.78 is 28.6. The van der Waals surface area contributed by atoms with Crippen molar-refractivity contribution in [2.75, 3.05) is 16.2 Å². The molecule has 40 heavy (non-hydrogen) atoms. The molecule has 5 rings (SSSR count). The fraction of sp³-hybridized carbons (Fsp3) is 0.103. The number of sulfonamides is 1. The molecule has 0 atom stereocenters. The number of anilines is 2. The average Bonchev–Trinajstić information content (AvgIpc) is 2.94. The van der Waals surface area contributed by atoms with E-state index in [-0.39, 0.29) is 21.9 Å². The number of hydrogen-bond acceptors (Lipinski definition) is 7. The summed E-state index contributed by atoms with van der Waals surface area (Å²) >= 11 is 0. The smallest absolute Gasteiger partial charge is 0.324 e. The topological polar surface area (TPSA) is 162 Å². The molecule has 0 bridgehead atoms. The van der Waals surface area contributed by atoms with E-state index < -0.39 is 22.5 Å². The highest BCUT2D eigenvalue weighted by atomic mass is 32.2. The van der Waals surface area contributed by atoms with Gasteiger partial charge in [0.1, 0.15) is 17.3 Å². The van der Waals surface area contributed by atoms with Crippen LogP contribution in [0.2, 0.25) is 0 Å². The van der Waals surface area contributed by atoms with Crippen LogP contribution in [0.1, 0.15) is 16.8 Å². The molecule has 10 nitrogen and oxygen atoms in total. The number of aryl methyl sites for hydroxylation is 1. The van der Waals surface area contributed by atoms with Gasteiger partial charge in [0.15, 0.2) is 0 Å². The first-order valence-electron chi connectivity index (χ1n) is 12.3. The largest absolute Gasteiger partial charge is 0.480 e. The number of nitrogens with one attached hydrogen (secondary N) is 2. The Bertz CT molecular complexity index is 1870. The van der Waals surface area contributed by atoms with Crippen LogP contribution in [0, 0.1) is 12.3 Å². The normalized spacial score (nSPS) is 11.4. The molecule has 0 saturated carbocycles. The Labute approximate surface area is 230 Å². The van der Waals surface area contributed by atoms with Crippen LogP contribution in [0.25, 0.3) is 21.8 Å². The number of carbonyl (C=O) groups is 1. The van der Waals surface area contributed by atoms with Gasteiger partial charge < -0.3 is 16.2 Å². The molecule has 11 heteroatoms. The number of nitrogens with zero attached hydrogens (tertiary/aromatic N) is 3. The molecule has 0 aliphatic heterocycles. The molecule has 3 aromatic carbocycles. The molecule has 0 amide bonds. The second kappa shape index (κ2) is 10.6. The lowest BCUT2D eigenvalue weighted by Gasteiger charge is -2.23. The number of rotatable bonds is 9. The fourth-order valence-electron chi connectivity index (χ4n) is 4.51. The van der Waals surface area contributed by atoms with Crippen molar-refractivity contribution >= 4 is 55.0 Å². The molecular formula is C29H26N6O4S. The van der Waals surface area contributed by atoms with Gasteiger partial charge in [-0.2, -0.15) is 0 Å². The number of hydrogen-bond donors (Lipinski definition) is 4. The zero-order valence-electron chi connectivity index (χ0n) is 21.5. The monoisotopic (exact) mass is 554 g/mol. The van der Waals surface area contributed by atoms with Gasteiger partial charge in [-0.25, -0.2) is 8.42 Å². The molecule has 2 aromatic heterocycles. The van der Waals surface area contributed by atoms with E-state index in [1.54, 1.807) is 54.6 Å². The van der Waals surface area contributed by atoms with E-state index in [9.17, 15) is 18.3 Å². The van der Waals surface area contributed by atoms with Crippen LogP contribution in [0.15, 0.2) is 90.0 Å². The van der Waals surface area contributed by atoms with E-state index in [1.165, 1.54) is 12.3 Å². The third-order valence-electron chi connectivity index (χ3n) is 6.45. The molecule has 0 saturated heterocycles. The maximum atomic E-state index is 13.8. The fourth-order valence-corrected chi connectivity index (χ4v) is 6.08. The lowest BCUT2D eigenvalue weighted by atomic mass is 10.1. The Morgan fingerprint density at radius 3 is 2.52 bits per heavy atom. The minimum absolute atomic E-state index is 0.00940. The minimum Gasteiger partial charge on any atom is -0.480 e. The van der Waals surface area contributed by atoms with E-state index in [0.29, 0.717) is 28.7 Å². The van der Waals surface area contributed by atoms with Crippen molar-refractivity contribution < 1.29 is 18.3 Å². The molecule has 0 aliphatic carbocycles. The zero-order valence-corrected chi connectivity index (χ0v) is 22.3. The van der Waals surface area contributed by atoms with Crippen molar-refractivity contribution in [1.82, 2.24) is 9.97 Å². The van der Waals surface area contributed by atoms with Gasteiger partial charge in [-0.1, -0.05) is 24.3 Å². The number of carboxylic acid groups (broad SMARTS) is 1. The van der Waals surface area contributed by atoms with Crippen LogP contribution < -0.4 is 15.4 Å². The summed E-state index contributed by atoms with van der Waals surface area (Å²) in [6, 6.07) is 22.2. The summed E-state index contributed by atoms with van der Waals surface area (Å²) in [5.41, 5.74) is 9.58. The van der Waals surface area contributed by atoms with E-state index >= 15 is 0 Å². The summed E-state index contributed by atoms with van der Waals surface area (Å²) in [6.45, 7) is 1.55. The van der Waals surface area contributed by atoms with Crippen molar-refractivity contribution in [2.24, 2.45) is 5.73 Å². The predicted molar refractivity (Wildman–Crippen MR) is 155 cm³/mol. The number of amidine groups is 1. The van der Waals surface area contributed by atoms with Crippen LogP contribution in [0.4, 0.5) is 11.4 Å². The second-order valence-electron chi connectivity index (χ2n) is 9.21. The highest BCUT2D eigenvalue weighted by molar-refractivity contribution is 7.93. The van der Waals surface area contributed by atoms with Gasteiger partial charge in [0, 0.05) is 28.2 Å². The van der Waals surface area contributed by atoms with Gasteiger partial charge in [-0.15, -0.1) is 0 Å². The Balaban J connectivity index is 1.51. The highest BCUT2D eigenvalue weighted by Crippen LogP contribution is 2.31. The van der Waals surface area contributed by atoms with E-state index in [2.05, 4.69) is 10.3 Å². The maximum Gasteiger partial charge on any atom is 0.324 e. The lowest BCUT2D eigenvalue weighted by Crippen LogP contribution is -2.36. The molecule has 0 aliphatic rings. The van der Waals surface area contributed by atoms with Crippen molar-refractivity contribution in [3.8, 4) is 0 Å². The molecule has 5 aromatic rings. The van der Waals surface area contributed by atoms with Crippen molar-refractivity contribution in [3.05, 3.63) is 102 Å².